The maximum Gasteiger partial charge on any atom is 0.326 e. The van der Waals surface area contributed by atoms with Crippen LogP contribution in [-0.4, -0.2) is 24.7 Å². The molecule has 6 heteroatoms. The number of para-hydroxylation sites is 1. The van der Waals surface area contributed by atoms with Crippen molar-refractivity contribution in [3.8, 4) is 0 Å². The zero-order valence-electron chi connectivity index (χ0n) is 18.1. The number of fused-ring (bicyclic) bond motifs is 1. The smallest absolute Gasteiger partial charge is 0.326 e. The van der Waals surface area contributed by atoms with E-state index in [0.29, 0.717) is 24.3 Å². The first-order chi connectivity index (χ1) is 15.6. The normalized spacial score (nSPS) is 13.1. The van der Waals surface area contributed by atoms with Crippen molar-refractivity contribution in [1.29, 1.82) is 0 Å². The molecule has 0 saturated carbocycles. The Labute approximate surface area is 193 Å². The van der Waals surface area contributed by atoms with Crippen LogP contribution in [0.1, 0.15) is 34.3 Å². The van der Waals surface area contributed by atoms with Crippen LogP contribution in [0.25, 0.3) is 0 Å². The van der Waals surface area contributed by atoms with Crippen LogP contribution in [0.3, 0.4) is 0 Å². The summed E-state index contributed by atoms with van der Waals surface area (Å²) in [4.78, 5) is 28.4. The second-order valence-electron chi connectivity index (χ2n) is 7.78. The number of urea groups is 1. The Kier molecular flexibility index (Phi) is 7.12. The summed E-state index contributed by atoms with van der Waals surface area (Å²) in [5.74, 6) is -0.140. The first-order valence-electron chi connectivity index (χ1n) is 10.8. The van der Waals surface area contributed by atoms with Gasteiger partial charge in [0.1, 0.15) is 0 Å². The zero-order chi connectivity index (χ0) is 22.3. The summed E-state index contributed by atoms with van der Waals surface area (Å²) in [5.41, 5.74) is 4.46. The summed E-state index contributed by atoms with van der Waals surface area (Å²) in [6, 6.07) is 23.1. The van der Waals surface area contributed by atoms with Gasteiger partial charge in [-0.1, -0.05) is 30.3 Å². The van der Waals surface area contributed by atoms with Crippen LogP contribution in [-0.2, 0) is 13.0 Å². The maximum absolute atomic E-state index is 12.9. The summed E-state index contributed by atoms with van der Waals surface area (Å²) < 4.78 is 0. The van der Waals surface area contributed by atoms with Gasteiger partial charge in [-0.3, -0.25) is 9.69 Å². The van der Waals surface area contributed by atoms with Crippen molar-refractivity contribution in [3.05, 3.63) is 89.5 Å². The summed E-state index contributed by atoms with van der Waals surface area (Å²) in [6.45, 7) is 1.17. The molecule has 0 spiro atoms. The highest BCUT2D eigenvalue weighted by molar-refractivity contribution is 7.98. The van der Waals surface area contributed by atoms with E-state index in [1.165, 1.54) is 10.5 Å². The largest absolute Gasteiger partial charge is 0.348 e. The van der Waals surface area contributed by atoms with E-state index in [1.54, 1.807) is 36.0 Å². The lowest BCUT2D eigenvalue weighted by molar-refractivity contribution is 0.0951. The van der Waals surface area contributed by atoms with Crippen molar-refractivity contribution in [1.82, 2.24) is 5.32 Å². The third-order valence-corrected chi connectivity index (χ3v) is 6.36. The van der Waals surface area contributed by atoms with Gasteiger partial charge >= 0.3 is 6.03 Å². The molecule has 0 radical (unpaired) electrons. The Morgan fingerprint density at radius 1 is 0.938 bits per heavy atom. The van der Waals surface area contributed by atoms with Gasteiger partial charge in [0.25, 0.3) is 5.91 Å². The minimum absolute atomic E-state index is 0.140. The number of benzene rings is 3. The van der Waals surface area contributed by atoms with E-state index < -0.39 is 0 Å². The van der Waals surface area contributed by atoms with E-state index in [-0.39, 0.29) is 11.9 Å². The molecule has 0 unspecified atom stereocenters. The number of aryl methyl sites for hydroxylation is 1. The first kappa shape index (κ1) is 22.0. The lowest BCUT2D eigenvalue weighted by Gasteiger charge is -2.23. The van der Waals surface area contributed by atoms with Crippen molar-refractivity contribution in [2.45, 2.75) is 30.7 Å². The second-order valence-corrected chi connectivity index (χ2v) is 8.66. The minimum atomic E-state index is -0.148. The highest BCUT2D eigenvalue weighted by atomic mass is 32.2. The highest BCUT2D eigenvalue weighted by Gasteiger charge is 2.21. The van der Waals surface area contributed by atoms with Crippen LogP contribution in [0.4, 0.5) is 16.2 Å². The Hall–Kier alpha value is -3.25. The van der Waals surface area contributed by atoms with Crippen LogP contribution >= 0.6 is 11.8 Å². The average Bonchev–Trinajstić information content (AvgIpc) is 3.06. The summed E-state index contributed by atoms with van der Waals surface area (Å²) >= 11 is 1.69. The Morgan fingerprint density at radius 2 is 1.69 bits per heavy atom. The number of anilines is 2. The molecule has 1 aliphatic rings. The predicted molar refractivity (Wildman–Crippen MR) is 132 cm³/mol. The van der Waals surface area contributed by atoms with Crippen LogP contribution in [0.15, 0.2) is 77.7 Å². The van der Waals surface area contributed by atoms with Crippen molar-refractivity contribution < 1.29 is 9.59 Å². The lowest BCUT2D eigenvalue weighted by atomic mass is 10.1. The third kappa shape index (κ3) is 5.32. The molecule has 3 aromatic rings. The van der Waals surface area contributed by atoms with Gasteiger partial charge in [-0.15, -0.1) is 11.8 Å². The van der Waals surface area contributed by atoms with E-state index in [0.717, 1.165) is 30.5 Å². The van der Waals surface area contributed by atoms with Crippen LogP contribution in [0, 0.1) is 0 Å². The van der Waals surface area contributed by atoms with Crippen LogP contribution < -0.4 is 15.5 Å². The molecule has 0 atom stereocenters. The van der Waals surface area contributed by atoms with Gasteiger partial charge in [0.15, 0.2) is 0 Å². The SMILES string of the molecule is CSc1ccc(CNC(=O)c2ccc(NC(=O)N3CCCCc4ccccc43)cc2)cc1. The second kappa shape index (κ2) is 10.4. The average molecular weight is 446 g/mol. The number of amides is 3. The molecular formula is C26H27N3O2S. The molecule has 0 saturated heterocycles. The number of nitrogens with zero attached hydrogens (tertiary/aromatic N) is 1. The van der Waals surface area contributed by atoms with E-state index in [4.69, 9.17) is 0 Å². The number of carbonyl (C=O) groups is 2. The fraction of sp³-hybridized carbons (Fsp3) is 0.231. The Bertz CT molecular complexity index is 1080. The fourth-order valence-electron chi connectivity index (χ4n) is 3.83. The molecule has 0 aliphatic carbocycles. The molecular weight excluding hydrogens is 418 g/mol. The minimum Gasteiger partial charge on any atom is -0.348 e. The van der Waals surface area contributed by atoms with E-state index in [9.17, 15) is 9.59 Å². The first-order valence-corrected chi connectivity index (χ1v) is 12.0. The molecule has 0 aromatic heterocycles. The molecule has 3 amide bonds. The third-order valence-electron chi connectivity index (χ3n) is 5.62. The molecule has 32 heavy (non-hydrogen) atoms. The molecule has 3 aromatic carbocycles. The fourth-order valence-corrected chi connectivity index (χ4v) is 4.23. The van der Waals surface area contributed by atoms with Crippen molar-refractivity contribution in [2.24, 2.45) is 0 Å². The topological polar surface area (TPSA) is 61.4 Å². The van der Waals surface area contributed by atoms with Crippen molar-refractivity contribution in [3.63, 3.8) is 0 Å². The van der Waals surface area contributed by atoms with Crippen LogP contribution in [0.5, 0.6) is 0 Å². The molecule has 1 aliphatic heterocycles. The molecule has 1 heterocycles. The molecule has 5 nitrogen and oxygen atoms in total. The Morgan fingerprint density at radius 3 is 2.44 bits per heavy atom. The zero-order valence-corrected chi connectivity index (χ0v) is 19.0. The van der Waals surface area contributed by atoms with Crippen molar-refractivity contribution in [2.75, 3.05) is 23.0 Å². The highest BCUT2D eigenvalue weighted by Crippen LogP contribution is 2.26. The number of hydrogen-bond donors (Lipinski definition) is 2. The van der Waals surface area contributed by atoms with Gasteiger partial charge < -0.3 is 10.6 Å². The summed E-state index contributed by atoms with van der Waals surface area (Å²) in [6.07, 6.45) is 5.08. The van der Waals surface area contributed by atoms with E-state index >= 15 is 0 Å². The Balaban J connectivity index is 1.36. The number of carbonyl (C=O) groups excluding carboxylic acids is 2. The lowest BCUT2D eigenvalue weighted by Crippen LogP contribution is -2.35. The van der Waals surface area contributed by atoms with Crippen LogP contribution in [0.2, 0.25) is 0 Å². The predicted octanol–water partition coefficient (Wildman–Crippen LogP) is 5.71. The monoisotopic (exact) mass is 445 g/mol. The van der Waals surface area contributed by atoms with Gasteiger partial charge in [-0.25, -0.2) is 4.79 Å². The van der Waals surface area contributed by atoms with Gasteiger partial charge in [-0.2, -0.15) is 0 Å². The standard InChI is InChI=1S/C26H27N3O2S/c1-32-23-15-9-19(10-16-23)18-27-25(30)21-11-13-22(14-12-21)28-26(31)29-17-5-4-7-20-6-2-3-8-24(20)29/h2-3,6,8-16H,4-5,7,17-18H2,1H3,(H,27,30)(H,28,31). The number of thioether (sulfide) groups is 1. The molecule has 4 rings (SSSR count). The van der Waals surface area contributed by atoms with E-state index in [2.05, 4.69) is 16.7 Å². The van der Waals surface area contributed by atoms with Gasteiger partial charge in [0.05, 0.1) is 0 Å². The number of nitrogens with one attached hydrogen (secondary N) is 2. The molecule has 0 fully saturated rings. The summed E-state index contributed by atoms with van der Waals surface area (Å²) in [7, 11) is 0. The molecule has 0 bridgehead atoms. The molecule has 164 valence electrons. The summed E-state index contributed by atoms with van der Waals surface area (Å²) in [5, 5.41) is 5.91. The van der Waals surface area contributed by atoms with Gasteiger partial charge in [0, 0.05) is 34.9 Å². The quantitative estimate of drug-likeness (QED) is 0.494. The van der Waals surface area contributed by atoms with Gasteiger partial charge in [0.2, 0.25) is 0 Å². The molecule has 2 N–H and O–H groups in total. The number of hydrogen-bond acceptors (Lipinski definition) is 3. The number of rotatable bonds is 5. The van der Waals surface area contributed by atoms with E-state index in [1.807, 2.05) is 53.6 Å². The maximum atomic E-state index is 12.9. The van der Waals surface area contributed by atoms with Crippen molar-refractivity contribution >= 4 is 35.1 Å². The van der Waals surface area contributed by atoms with Gasteiger partial charge in [-0.05, 0) is 79.1 Å².